The van der Waals surface area contributed by atoms with Gasteiger partial charge in [0.25, 0.3) is 0 Å². The van der Waals surface area contributed by atoms with Crippen molar-refractivity contribution >= 4 is 22.3 Å². The summed E-state index contributed by atoms with van der Waals surface area (Å²) in [6.07, 6.45) is -16.9. The third-order valence-electron chi connectivity index (χ3n) is 7.49. The van der Waals surface area contributed by atoms with Crippen LogP contribution in [0.2, 0.25) is 0 Å². The van der Waals surface area contributed by atoms with E-state index in [2.05, 4.69) is 15.3 Å². The predicted molar refractivity (Wildman–Crippen MR) is 148 cm³/mol. The lowest BCUT2D eigenvalue weighted by atomic mass is 9.81. The molecule has 3 aliphatic rings. The van der Waals surface area contributed by atoms with Crippen LogP contribution in [0.25, 0.3) is 0 Å². The maximum Gasteiger partial charge on any atom is 0.394 e. The molecule has 0 spiro atoms. The van der Waals surface area contributed by atoms with Gasteiger partial charge in [-0.25, -0.2) is 9.98 Å². The summed E-state index contributed by atoms with van der Waals surface area (Å²) >= 11 is 0. The Labute approximate surface area is 256 Å². The van der Waals surface area contributed by atoms with Crippen molar-refractivity contribution in [2.75, 3.05) is 20.3 Å². The first-order valence-electron chi connectivity index (χ1n) is 13.2. The van der Waals surface area contributed by atoms with E-state index in [0.29, 0.717) is 0 Å². The Morgan fingerprint density at radius 3 is 1.84 bits per heavy atom. The fraction of sp³-hybridized carbons (Fsp3) is 0.905. The van der Waals surface area contributed by atoms with Crippen molar-refractivity contribution in [2.24, 2.45) is 32.9 Å². The zero-order valence-corrected chi connectivity index (χ0v) is 24.8. The number of likely N-dealkylation sites (N-methyl/N-ethyl adjacent to an activating group) is 1. The van der Waals surface area contributed by atoms with Gasteiger partial charge < -0.3 is 88.1 Å². The number of guanidine groups is 2. The Morgan fingerprint density at radius 2 is 1.38 bits per heavy atom. The van der Waals surface area contributed by atoms with E-state index >= 15 is 0 Å². The van der Waals surface area contributed by atoms with Crippen molar-refractivity contribution in [3.05, 3.63) is 0 Å². The fourth-order valence-electron chi connectivity index (χ4n) is 5.17. The molecule has 45 heavy (non-hydrogen) atoms. The number of aliphatic hydroxyl groups excluding tert-OH is 7. The molecule has 0 aromatic carbocycles. The summed E-state index contributed by atoms with van der Waals surface area (Å²) in [5.74, 6) is -1.01. The second-order valence-corrected chi connectivity index (χ2v) is 11.4. The molecule has 2 aliphatic heterocycles. The number of nitrogens with two attached hydrogens (primary N) is 4. The van der Waals surface area contributed by atoms with E-state index in [0.717, 1.165) is 0 Å². The molecule has 2 heterocycles. The van der Waals surface area contributed by atoms with Gasteiger partial charge in [0.2, 0.25) is 0 Å². The number of aliphatic imine (C=N–C) groups is 2. The molecule has 3 rings (SSSR count). The molecule has 1 aliphatic carbocycles. The van der Waals surface area contributed by atoms with Crippen LogP contribution in [-0.4, -0.2) is 182 Å². The molecule has 15 atom stereocenters. The van der Waals surface area contributed by atoms with Gasteiger partial charge in [0.15, 0.2) is 24.5 Å². The van der Waals surface area contributed by atoms with Crippen LogP contribution in [0.15, 0.2) is 9.98 Å². The highest BCUT2D eigenvalue weighted by atomic mass is 32.3. The van der Waals surface area contributed by atoms with Gasteiger partial charge in [-0.1, -0.05) is 0 Å². The molecule has 23 nitrogen and oxygen atoms in total. The topological polar surface area (TPSA) is 414 Å². The van der Waals surface area contributed by atoms with Crippen molar-refractivity contribution in [1.29, 1.82) is 0 Å². The molecule has 0 bridgehead atoms. The number of aliphatic hydroxyl groups is 8. The fourth-order valence-corrected chi connectivity index (χ4v) is 5.17. The molecular formula is C21H43N7O16S. The first kappa shape index (κ1) is 39.1. The Kier molecular flexibility index (Phi) is 13.6. The van der Waals surface area contributed by atoms with Crippen molar-refractivity contribution in [3.63, 3.8) is 0 Å². The minimum absolute atomic E-state index is 0.493. The average Bonchev–Trinajstić information content (AvgIpc) is 3.16. The summed E-state index contributed by atoms with van der Waals surface area (Å²) in [5.41, 5.74) is 19.7. The summed E-state index contributed by atoms with van der Waals surface area (Å²) in [6, 6.07) is -4.00. The van der Waals surface area contributed by atoms with Crippen molar-refractivity contribution in [1.82, 2.24) is 5.32 Å². The molecule has 0 unspecified atom stereocenters. The zero-order valence-electron chi connectivity index (χ0n) is 24.0. The highest BCUT2D eigenvalue weighted by Crippen LogP contribution is 2.39. The number of hydrogen-bond acceptors (Lipinski definition) is 17. The lowest BCUT2D eigenvalue weighted by Gasteiger charge is -2.45. The van der Waals surface area contributed by atoms with Gasteiger partial charge in [-0.15, -0.1) is 0 Å². The molecular weight excluding hydrogens is 638 g/mol. The molecule has 264 valence electrons. The maximum absolute atomic E-state index is 11.3. The average molecular weight is 682 g/mol. The summed E-state index contributed by atoms with van der Waals surface area (Å²) < 4.78 is 54.8. The minimum atomic E-state index is -4.67. The number of nitrogens with one attached hydrogen (secondary N) is 1. The normalized spacial score (nSPS) is 43.6. The van der Waals surface area contributed by atoms with Gasteiger partial charge in [0, 0.05) is 0 Å². The lowest BCUT2D eigenvalue weighted by molar-refractivity contribution is -0.317. The van der Waals surface area contributed by atoms with E-state index in [1.54, 1.807) is 0 Å². The quantitative estimate of drug-likeness (QED) is 0.0610. The van der Waals surface area contributed by atoms with Gasteiger partial charge in [-0.3, -0.25) is 9.11 Å². The van der Waals surface area contributed by atoms with Gasteiger partial charge in [0.05, 0.1) is 25.4 Å². The van der Waals surface area contributed by atoms with E-state index in [1.807, 2.05) is 0 Å². The Bertz CT molecular complexity index is 1120. The van der Waals surface area contributed by atoms with Gasteiger partial charge in [-0.2, -0.15) is 8.42 Å². The molecule has 3 fully saturated rings. The molecule has 24 heteroatoms. The first-order chi connectivity index (χ1) is 20.7. The number of hydrogen-bond donors (Lipinski definition) is 15. The van der Waals surface area contributed by atoms with Gasteiger partial charge in [0.1, 0.15) is 66.5 Å². The number of ether oxygens (including phenoxy) is 4. The van der Waals surface area contributed by atoms with Crippen LogP contribution in [0.1, 0.15) is 6.92 Å². The first-order valence-corrected chi connectivity index (χ1v) is 14.6. The third kappa shape index (κ3) is 9.25. The molecule has 0 aromatic rings. The predicted octanol–water partition coefficient (Wildman–Crippen LogP) is -9.02. The molecule has 2 saturated heterocycles. The standard InChI is InChI=1S/C21H41N7O12.H2O4S/c1-5-21(36,4-30)16(40-17-9(26-2)13(34)10(31)6(3-29)38-17)18(37-5)39-15-8(28-20(24)25)11(32)7(27-19(22)23)12(33)14(15)35;1-5(2,3)4/h5-18,26,29-36H,3-4H2,1-2H3,(H4,22,23,27)(H4,24,25,28);(H2,1,2,3,4)/t5-,6-,7-,8+,9-,10-,11-,12+,13-,14-,15-,16-,17-,18-,21+;/m0./s1. The van der Waals surface area contributed by atoms with Gasteiger partial charge in [-0.05, 0) is 14.0 Å². The molecule has 0 amide bonds. The second kappa shape index (κ2) is 15.7. The molecule has 1 saturated carbocycles. The van der Waals surface area contributed by atoms with Crippen LogP contribution < -0.4 is 28.3 Å². The Hall–Kier alpha value is -2.11. The Morgan fingerprint density at radius 1 is 0.844 bits per heavy atom. The van der Waals surface area contributed by atoms with E-state index in [1.165, 1.54) is 14.0 Å². The van der Waals surface area contributed by atoms with E-state index in [4.69, 9.17) is 59.4 Å². The second-order valence-electron chi connectivity index (χ2n) is 10.5. The van der Waals surface area contributed by atoms with E-state index in [9.17, 15) is 40.9 Å². The highest BCUT2D eigenvalue weighted by molar-refractivity contribution is 7.79. The highest BCUT2D eigenvalue weighted by Gasteiger charge is 2.60. The summed E-state index contributed by atoms with van der Waals surface area (Å²) in [7, 11) is -3.23. The SMILES string of the molecule is CN[C@@H]1[C@H](O[C@H]2[C@H](O[C@@H]3[C@@H](O)[C@H](O)[C@@H](N=C(N)N)[C@H](O)[C@H]3N=C(N)N)O[C@@H](C)[C@]2(O)CO)O[C@@H](CO)[C@H](O)[C@H]1O.O=S(=O)(O)O. The van der Waals surface area contributed by atoms with Crippen molar-refractivity contribution in [3.8, 4) is 0 Å². The molecule has 0 radical (unpaired) electrons. The summed E-state index contributed by atoms with van der Waals surface area (Å²) in [6.45, 7) is -0.199. The van der Waals surface area contributed by atoms with Crippen molar-refractivity contribution < 1.29 is 77.3 Å². The third-order valence-corrected chi connectivity index (χ3v) is 7.49. The maximum atomic E-state index is 11.3. The monoisotopic (exact) mass is 681 g/mol. The Balaban J connectivity index is 0.00000130. The largest absolute Gasteiger partial charge is 0.394 e. The lowest BCUT2D eigenvalue weighted by Crippen LogP contribution is -2.66. The minimum Gasteiger partial charge on any atom is -0.394 e. The van der Waals surface area contributed by atoms with Crippen LogP contribution in [-0.2, 0) is 29.3 Å². The summed E-state index contributed by atoms with van der Waals surface area (Å²) in [5, 5.41) is 87.0. The van der Waals surface area contributed by atoms with Crippen LogP contribution in [0.5, 0.6) is 0 Å². The van der Waals surface area contributed by atoms with Crippen LogP contribution in [0.3, 0.4) is 0 Å². The van der Waals surface area contributed by atoms with Crippen LogP contribution in [0, 0.1) is 0 Å². The van der Waals surface area contributed by atoms with Crippen LogP contribution >= 0.6 is 0 Å². The van der Waals surface area contributed by atoms with Crippen molar-refractivity contribution in [2.45, 2.75) is 98.2 Å². The van der Waals surface area contributed by atoms with E-state index < -0.39 is 127 Å². The summed E-state index contributed by atoms with van der Waals surface area (Å²) in [4.78, 5) is 7.66. The van der Waals surface area contributed by atoms with Crippen LogP contribution in [0.4, 0.5) is 0 Å². The van der Waals surface area contributed by atoms with E-state index in [-0.39, 0.29) is 0 Å². The molecule has 0 aromatic heterocycles. The smallest absolute Gasteiger partial charge is 0.394 e. The van der Waals surface area contributed by atoms with Gasteiger partial charge >= 0.3 is 10.4 Å². The number of nitrogens with zero attached hydrogens (tertiary/aromatic N) is 2. The number of rotatable bonds is 9. The zero-order chi connectivity index (χ0) is 34.6. The molecule has 19 N–H and O–H groups in total.